The molecule has 0 saturated heterocycles. The van der Waals surface area contributed by atoms with E-state index in [1.54, 1.807) is 25.3 Å². The van der Waals surface area contributed by atoms with E-state index in [2.05, 4.69) is 10.1 Å². The predicted octanol–water partition coefficient (Wildman–Crippen LogP) is 2.35. The zero-order chi connectivity index (χ0) is 13.9. The molecule has 1 aliphatic rings. The summed E-state index contributed by atoms with van der Waals surface area (Å²) in [7, 11) is 1.56. The van der Waals surface area contributed by atoms with Gasteiger partial charge < -0.3 is 14.0 Å². The number of aldehydes is 1. The van der Waals surface area contributed by atoms with Crippen molar-refractivity contribution in [3.63, 3.8) is 0 Å². The number of carbonyl (C=O) groups is 1. The number of aromatic nitrogens is 2. The summed E-state index contributed by atoms with van der Waals surface area (Å²) in [5.41, 5.74) is 0.455. The van der Waals surface area contributed by atoms with Crippen LogP contribution in [0.25, 0.3) is 0 Å². The van der Waals surface area contributed by atoms with Gasteiger partial charge in [0.25, 0.3) is 0 Å². The SMILES string of the molecule is COc1ccc(C=O)c(OCc2noc(C3CC3)n2)c1. The molecule has 6 heteroatoms. The molecular formula is C14H14N2O4. The second-order valence-electron chi connectivity index (χ2n) is 4.63. The van der Waals surface area contributed by atoms with Gasteiger partial charge in [-0.25, -0.2) is 0 Å². The van der Waals surface area contributed by atoms with Crippen molar-refractivity contribution >= 4 is 6.29 Å². The molecule has 1 saturated carbocycles. The summed E-state index contributed by atoms with van der Waals surface area (Å²) < 4.78 is 15.8. The highest BCUT2D eigenvalue weighted by atomic mass is 16.5. The summed E-state index contributed by atoms with van der Waals surface area (Å²) in [4.78, 5) is 15.2. The van der Waals surface area contributed by atoms with Gasteiger partial charge in [0.15, 0.2) is 12.9 Å². The quantitative estimate of drug-likeness (QED) is 0.753. The van der Waals surface area contributed by atoms with Crippen molar-refractivity contribution in [2.45, 2.75) is 25.4 Å². The molecule has 2 aromatic rings. The fourth-order valence-electron chi connectivity index (χ4n) is 1.83. The molecule has 1 aliphatic carbocycles. The Hall–Kier alpha value is -2.37. The third-order valence-electron chi connectivity index (χ3n) is 3.11. The van der Waals surface area contributed by atoms with Gasteiger partial charge >= 0.3 is 0 Å². The Morgan fingerprint density at radius 1 is 1.45 bits per heavy atom. The van der Waals surface area contributed by atoms with Crippen LogP contribution < -0.4 is 9.47 Å². The average Bonchev–Trinajstić information content (AvgIpc) is 3.24. The second kappa shape index (κ2) is 5.32. The molecule has 0 atom stereocenters. The average molecular weight is 274 g/mol. The summed E-state index contributed by atoms with van der Waals surface area (Å²) in [5.74, 6) is 2.63. The predicted molar refractivity (Wildman–Crippen MR) is 69.0 cm³/mol. The summed E-state index contributed by atoms with van der Waals surface area (Å²) in [6, 6.07) is 5.01. The minimum atomic E-state index is 0.157. The van der Waals surface area contributed by atoms with Crippen molar-refractivity contribution in [1.29, 1.82) is 0 Å². The van der Waals surface area contributed by atoms with Gasteiger partial charge in [0.2, 0.25) is 11.7 Å². The lowest BCUT2D eigenvalue weighted by Crippen LogP contribution is -2.00. The highest BCUT2D eigenvalue weighted by Crippen LogP contribution is 2.38. The number of nitrogens with zero attached hydrogens (tertiary/aromatic N) is 2. The maximum absolute atomic E-state index is 11.0. The number of methoxy groups -OCH3 is 1. The van der Waals surface area contributed by atoms with E-state index in [-0.39, 0.29) is 6.61 Å². The van der Waals surface area contributed by atoms with E-state index in [1.165, 1.54) is 0 Å². The van der Waals surface area contributed by atoms with Crippen LogP contribution in [0.5, 0.6) is 11.5 Å². The molecule has 20 heavy (non-hydrogen) atoms. The fraction of sp³-hybridized carbons (Fsp3) is 0.357. The number of hydrogen-bond acceptors (Lipinski definition) is 6. The van der Waals surface area contributed by atoms with Gasteiger partial charge in [0, 0.05) is 12.0 Å². The first kappa shape index (κ1) is 12.7. The van der Waals surface area contributed by atoms with Gasteiger partial charge in [-0.05, 0) is 25.0 Å². The van der Waals surface area contributed by atoms with Crippen molar-refractivity contribution in [2.24, 2.45) is 0 Å². The standard InChI is InChI=1S/C14H14N2O4/c1-18-11-5-4-10(7-17)12(6-11)19-8-13-15-14(20-16-13)9-2-3-9/h4-7,9H,2-3,8H2,1H3. The lowest BCUT2D eigenvalue weighted by atomic mass is 10.2. The molecule has 0 aliphatic heterocycles. The maximum atomic E-state index is 11.0. The zero-order valence-electron chi connectivity index (χ0n) is 11.0. The smallest absolute Gasteiger partial charge is 0.229 e. The van der Waals surface area contributed by atoms with Crippen LogP contribution in [0.3, 0.4) is 0 Å². The highest BCUT2D eigenvalue weighted by Gasteiger charge is 2.29. The summed E-state index contributed by atoms with van der Waals surface area (Å²) >= 11 is 0. The summed E-state index contributed by atoms with van der Waals surface area (Å²) in [5, 5.41) is 3.86. The zero-order valence-corrected chi connectivity index (χ0v) is 11.0. The van der Waals surface area contributed by atoms with E-state index in [0.29, 0.717) is 34.7 Å². The summed E-state index contributed by atoms with van der Waals surface area (Å²) in [6.07, 6.45) is 2.95. The number of ether oxygens (including phenoxy) is 2. The molecule has 1 aromatic heterocycles. The molecule has 0 spiro atoms. The first-order valence-electron chi connectivity index (χ1n) is 6.38. The molecule has 1 aromatic carbocycles. The molecule has 104 valence electrons. The van der Waals surface area contributed by atoms with E-state index < -0.39 is 0 Å². The Morgan fingerprint density at radius 2 is 2.30 bits per heavy atom. The minimum Gasteiger partial charge on any atom is -0.497 e. The number of rotatable bonds is 6. The van der Waals surface area contributed by atoms with Crippen LogP contribution in [0.2, 0.25) is 0 Å². The minimum absolute atomic E-state index is 0.157. The van der Waals surface area contributed by atoms with Crippen LogP contribution in [-0.2, 0) is 6.61 Å². The maximum Gasteiger partial charge on any atom is 0.229 e. The number of carbonyl (C=O) groups excluding carboxylic acids is 1. The van der Waals surface area contributed by atoms with Crippen molar-refractivity contribution in [3.8, 4) is 11.5 Å². The highest BCUT2D eigenvalue weighted by molar-refractivity contribution is 5.79. The van der Waals surface area contributed by atoms with E-state index in [4.69, 9.17) is 14.0 Å². The van der Waals surface area contributed by atoms with Crippen LogP contribution in [0.4, 0.5) is 0 Å². The summed E-state index contributed by atoms with van der Waals surface area (Å²) in [6.45, 7) is 0.157. The van der Waals surface area contributed by atoms with E-state index in [1.807, 2.05) is 0 Å². The number of benzene rings is 1. The van der Waals surface area contributed by atoms with Crippen LogP contribution in [-0.4, -0.2) is 23.5 Å². The molecular weight excluding hydrogens is 260 g/mol. The molecule has 1 heterocycles. The Labute approximate surface area is 115 Å². The molecule has 0 radical (unpaired) electrons. The first-order valence-corrected chi connectivity index (χ1v) is 6.38. The van der Waals surface area contributed by atoms with Gasteiger partial charge in [-0.15, -0.1) is 0 Å². The van der Waals surface area contributed by atoms with Crippen molar-refractivity contribution in [1.82, 2.24) is 10.1 Å². The van der Waals surface area contributed by atoms with Crippen LogP contribution >= 0.6 is 0 Å². The molecule has 0 N–H and O–H groups in total. The molecule has 0 bridgehead atoms. The molecule has 1 fully saturated rings. The fourth-order valence-corrected chi connectivity index (χ4v) is 1.83. The van der Waals surface area contributed by atoms with E-state index in [0.717, 1.165) is 19.1 Å². The third kappa shape index (κ3) is 2.64. The molecule has 3 rings (SSSR count). The Balaban J connectivity index is 1.71. The van der Waals surface area contributed by atoms with E-state index in [9.17, 15) is 4.79 Å². The largest absolute Gasteiger partial charge is 0.497 e. The second-order valence-corrected chi connectivity index (χ2v) is 4.63. The monoisotopic (exact) mass is 274 g/mol. The Morgan fingerprint density at radius 3 is 3.00 bits per heavy atom. The topological polar surface area (TPSA) is 74.5 Å². The van der Waals surface area contributed by atoms with Gasteiger partial charge in [0.05, 0.1) is 12.7 Å². The van der Waals surface area contributed by atoms with E-state index >= 15 is 0 Å². The Bertz CT molecular complexity index is 619. The molecule has 0 amide bonds. The van der Waals surface area contributed by atoms with Crippen molar-refractivity contribution in [2.75, 3.05) is 7.11 Å². The van der Waals surface area contributed by atoms with Gasteiger partial charge in [-0.1, -0.05) is 5.16 Å². The first-order chi connectivity index (χ1) is 9.80. The van der Waals surface area contributed by atoms with Gasteiger partial charge in [0.1, 0.15) is 11.5 Å². The normalized spacial score (nSPS) is 14.1. The number of hydrogen-bond donors (Lipinski definition) is 0. The lowest BCUT2D eigenvalue weighted by molar-refractivity contribution is 0.111. The van der Waals surface area contributed by atoms with Crippen molar-refractivity contribution < 1.29 is 18.8 Å². The van der Waals surface area contributed by atoms with Crippen molar-refractivity contribution in [3.05, 3.63) is 35.5 Å². The van der Waals surface area contributed by atoms with Crippen LogP contribution in [0.1, 0.15) is 40.8 Å². The molecule has 6 nitrogen and oxygen atoms in total. The lowest BCUT2D eigenvalue weighted by Gasteiger charge is -2.08. The van der Waals surface area contributed by atoms with Crippen LogP contribution in [0.15, 0.2) is 22.7 Å². The molecule has 0 unspecified atom stereocenters. The third-order valence-corrected chi connectivity index (χ3v) is 3.11. The van der Waals surface area contributed by atoms with Gasteiger partial charge in [-0.3, -0.25) is 4.79 Å². The Kier molecular flexibility index (Phi) is 3.37. The van der Waals surface area contributed by atoms with Gasteiger partial charge in [-0.2, -0.15) is 4.98 Å². The van der Waals surface area contributed by atoms with Crippen LogP contribution in [0, 0.1) is 0 Å².